The lowest BCUT2D eigenvalue weighted by Gasteiger charge is -2.28. The van der Waals surface area contributed by atoms with Crippen molar-refractivity contribution in [3.63, 3.8) is 0 Å². The lowest BCUT2D eigenvalue weighted by molar-refractivity contribution is 0.401. The van der Waals surface area contributed by atoms with Crippen molar-refractivity contribution in [3.05, 3.63) is 12.2 Å². The van der Waals surface area contributed by atoms with Crippen molar-refractivity contribution in [2.75, 3.05) is 0 Å². The second-order valence-electron chi connectivity index (χ2n) is 4.69. The fourth-order valence-electron chi connectivity index (χ4n) is 2.22. The molecule has 0 aromatic heterocycles. The molecule has 0 aliphatic heterocycles. The smallest absolute Gasteiger partial charge is 0.0339 e. The van der Waals surface area contributed by atoms with Crippen molar-refractivity contribution >= 4 is 0 Å². The topological polar surface area (TPSA) is 26.0 Å². The van der Waals surface area contributed by atoms with Crippen molar-refractivity contribution < 1.29 is 0 Å². The molecule has 0 saturated carbocycles. The molecule has 0 aromatic carbocycles. The first-order chi connectivity index (χ1) is 6.77. The van der Waals surface area contributed by atoms with Crippen LogP contribution in [0.2, 0.25) is 0 Å². The van der Waals surface area contributed by atoms with E-state index in [4.69, 9.17) is 5.73 Å². The maximum absolute atomic E-state index is 6.29. The molecule has 1 atom stereocenters. The molecule has 1 unspecified atom stereocenters. The van der Waals surface area contributed by atoms with Crippen LogP contribution in [0.15, 0.2) is 12.2 Å². The van der Waals surface area contributed by atoms with E-state index in [0.29, 0.717) is 0 Å². The third kappa shape index (κ3) is 4.28. The van der Waals surface area contributed by atoms with Crippen LogP contribution in [0, 0.1) is 0 Å². The van der Waals surface area contributed by atoms with Gasteiger partial charge in [0.05, 0.1) is 0 Å². The van der Waals surface area contributed by atoms with Gasteiger partial charge in [0.2, 0.25) is 0 Å². The third-order valence-electron chi connectivity index (χ3n) is 3.21. The van der Waals surface area contributed by atoms with Crippen LogP contribution in [0.1, 0.15) is 64.7 Å². The summed E-state index contributed by atoms with van der Waals surface area (Å²) in [6.07, 6.45) is 16.2. The van der Waals surface area contributed by atoms with Gasteiger partial charge in [-0.25, -0.2) is 0 Å². The zero-order valence-corrected chi connectivity index (χ0v) is 9.60. The molecule has 82 valence electrons. The summed E-state index contributed by atoms with van der Waals surface area (Å²) in [5.41, 5.74) is 6.33. The summed E-state index contributed by atoms with van der Waals surface area (Å²) in [6.45, 7) is 2.26. The lowest BCUT2D eigenvalue weighted by atomic mass is 9.84. The molecule has 1 aliphatic rings. The highest BCUT2D eigenvalue weighted by Crippen LogP contribution is 2.25. The molecule has 0 amide bonds. The van der Waals surface area contributed by atoms with E-state index in [-0.39, 0.29) is 5.54 Å². The summed E-state index contributed by atoms with van der Waals surface area (Å²) < 4.78 is 0. The largest absolute Gasteiger partial charge is 0.322 e. The molecule has 1 aliphatic carbocycles. The minimum absolute atomic E-state index is 0.0461. The first-order valence-electron chi connectivity index (χ1n) is 6.23. The Morgan fingerprint density at radius 2 is 2.00 bits per heavy atom. The number of rotatable bonds is 6. The molecule has 0 spiro atoms. The van der Waals surface area contributed by atoms with E-state index in [1.54, 1.807) is 0 Å². The molecule has 0 aromatic rings. The van der Waals surface area contributed by atoms with E-state index in [2.05, 4.69) is 19.1 Å². The third-order valence-corrected chi connectivity index (χ3v) is 3.21. The van der Waals surface area contributed by atoms with Crippen LogP contribution in [-0.2, 0) is 0 Å². The molecule has 0 bridgehead atoms. The van der Waals surface area contributed by atoms with E-state index in [1.807, 2.05) is 0 Å². The molecular formula is C13H25N. The molecule has 1 nitrogen and oxygen atoms in total. The van der Waals surface area contributed by atoms with Crippen LogP contribution >= 0.6 is 0 Å². The van der Waals surface area contributed by atoms with Crippen LogP contribution in [0.4, 0.5) is 0 Å². The van der Waals surface area contributed by atoms with Crippen LogP contribution in [0.25, 0.3) is 0 Å². The maximum atomic E-state index is 6.29. The summed E-state index contributed by atoms with van der Waals surface area (Å²) in [7, 11) is 0. The minimum atomic E-state index is 0.0461. The number of hydrogen-bond acceptors (Lipinski definition) is 1. The molecule has 14 heavy (non-hydrogen) atoms. The highest BCUT2D eigenvalue weighted by molar-refractivity contribution is 5.07. The predicted molar refractivity (Wildman–Crippen MR) is 63.3 cm³/mol. The summed E-state index contributed by atoms with van der Waals surface area (Å²) in [5.74, 6) is 0. The summed E-state index contributed by atoms with van der Waals surface area (Å²) in [4.78, 5) is 0. The number of unbranched alkanes of at least 4 members (excludes halogenated alkanes) is 4. The van der Waals surface area contributed by atoms with Gasteiger partial charge in [-0.05, 0) is 25.7 Å². The average molecular weight is 195 g/mol. The fraction of sp³-hybridized carbons (Fsp3) is 0.846. The summed E-state index contributed by atoms with van der Waals surface area (Å²) in [6, 6.07) is 0. The van der Waals surface area contributed by atoms with Crippen molar-refractivity contribution in [1.82, 2.24) is 0 Å². The van der Waals surface area contributed by atoms with Gasteiger partial charge in [0.1, 0.15) is 0 Å². The molecule has 0 fully saturated rings. The maximum Gasteiger partial charge on any atom is 0.0339 e. The quantitative estimate of drug-likeness (QED) is 0.506. The van der Waals surface area contributed by atoms with Crippen molar-refractivity contribution in [2.24, 2.45) is 5.73 Å². The lowest BCUT2D eigenvalue weighted by Crippen LogP contribution is -2.38. The Hall–Kier alpha value is -0.300. The predicted octanol–water partition coefficient (Wildman–Crippen LogP) is 3.78. The first-order valence-corrected chi connectivity index (χ1v) is 6.23. The van der Waals surface area contributed by atoms with E-state index in [1.165, 1.54) is 57.8 Å². The van der Waals surface area contributed by atoms with Crippen molar-refractivity contribution in [1.29, 1.82) is 0 Å². The molecule has 1 heteroatoms. The summed E-state index contributed by atoms with van der Waals surface area (Å²) in [5, 5.41) is 0. The van der Waals surface area contributed by atoms with Crippen LogP contribution < -0.4 is 5.73 Å². The summed E-state index contributed by atoms with van der Waals surface area (Å²) >= 11 is 0. The SMILES string of the molecule is CCCCCCCC1(N)C=CCCC1. The van der Waals surface area contributed by atoms with Gasteiger partial charge in [-0.1, -0.05) is 51.2 Å². The van der Waals surface area contributed by atoms with Crippen molar-refractivity contribution in [2.45, 2.75) is 70.3 Å². The van der Waals surface area contributed by atoms with E-state index in [9.17, 15) is 0 Å². The average Bonchev–Trinajstić information content (AvgIpc) is 2.18. The Bertz CT molecular complexity index is 174. The van der Waals surface area contributed by atoms with Crippen LogP contribution in [0.5, 0.6) is 0 Å². The Balaban J connectivity index is 2.10. The monoisotopic (exact) mass is 195 g/mol. The number of nitrogens with two attached hydrogens (primary N) is 1. The van der Waals surface area contributed by atoms with Gasteiger partial charge in [-0.3, -0.25) is 0 Å². The van der Waals surface area contributed by atoms with Gasteiger partial charge in [-0.2, -0.15) is 0 Å². The fourth-order valence-corrected chi connectivity index (χ4v) is 2.22. The van der Waals surface area contributed by atoms with Gasteiger partial charge < -0.3 is 5.73 Å². The molecular weight excluding hydrogens is 170 g/mol. The molecule has 2 N–H and O–H groups in total. The van der Waals surface area contributed by atoms with E-state index in [0.717, 1.165) is 0 Å². The highest BCUT2D eigenvalue weighted by Gasteiger charge is 2.22. The van der Waals surface area contributed by atoms with Gasteiger partial charge in [0, 0.05) is 5.54 Å². The zero-order chi connectivity index (χ0) is 10.3. The Morgan fingerprint density at radius 1 is 1.21 bits per heavy atom. The van der Waals surface area contributed by atoms with Gasteiger partial charge in [0.25, 0.3) is 0 Å². The molecule has 0 radical (unpaired) electrons. The normalized spacial score (nSPS) is 26.7. The van der Waals surface area contributed by atoms with Gasteiger partial charge in [0.15, 0.2) is 0 Å². The number of hydrogen-bond donors (Lipinski definition) is 1. The Labute approximate surface area is 88.8 Å². The van der Waals surface area contributed by atoms with Crippen LogP contribution in [-0.4, -0.2) is 5.54 Å². The minimum Gasteiger partial charge on any atom is -0.322 e. The van der Waals surface area contributed by atoms with Crippen molar-refractivity contribution in [3.8, 4) is 0 Å². The second-order valence-corrected chi connectivity index (χ2v) is 4.69. The molecule has 0 saturated heterocycles. The Kier molecular flexibility index (Phi) is 5.24. The first kappa shape index (κ1) is 11.8. The van der Waals surface area contributed by atoms with E-state index < -0.39 is 0 Å². The highest BCUT2D eigenvalue weighted by atomic mass is 14.7. The molecule has 0 heterocycles. The van der Waals surface area contributed by atoms with Crippen LogP contribution in [0.3, 0.4) is 0 Å². The van der Waals surface area contributed by atoms with E-state index >= 15 is 0 Å². The zero-order valence-electron chi connectivity index (χ0n) is 9.60. The second kappa shape index (κ2) is 6.23. The van der Waals surface area contributed by atoms with Gasteiger partial charge >= 0.3 is 0 Å². The van der Waals surface area contributed by atoms with Gasteiger partial charge in [-0.15, -0.1) is 0 Å². The standard InChI is InChI=1S/C13H25N/c1-2-3-4-5-7-10-13(14)11-8-6-9-12-13/h8,11H,2-7,9-10,12,14H2,1H3. The molecule has 1 rings (SSSR count). The Morgan fingerprint density at radius 3 is 2.64 bits per heavy atom. The number of allylic oxidation sites excluding steroid dienone is 1.